The molecule has 0 aliphatic heterocycles. The summed E-state index contributed by atoms with van der Waals surface area (Å²) in [7, 11) is 0. The van der Waals surface area contributed by atoms with Crippen molar-refractivity contribution in [2.45, 2.75) is 35.5 Å². The van der Waals surface area contributed by atoms with Gasteiger partial charge in [0.15, 0.2) is 0 Å². The van der Waals surface area contributed by atoms with Gasteiger partial charge in [0.25, 0.3) is 9.70 Å². The third-order valence-corrected chi connectivity index (χ3v) is 2.72. The predicted molar refractivity (Wildman–Crippen MR) is 59.8 cm³/mol. The van der Waals surface area contributed by atoms with Gasteiger partial charge in [0, 0.05) is 0 Å². The van der Waals surface area contributed by atoms with Crippen molar-refractivity contribution in [3.05, 3.63) is 12.2 Å². The van der Waals surface area contributed by atoms with E-state index in [0.717, 1.165) is 19.3 Å². The maximum Gasteiger partial charge on any atom is 0.272 e. The highest BCUT2D eigenvalue weighted by Gasteiger charge is 2.35. The van der Waals surface area contributed by atoms with E-state index < -0.39 is 9.70 Å². The van der Waals surface area contributed by atoms with Crippen molar-refractivity contribution in [3.63, 3.8) is 0 Å². The molecule has 2 nitrogen and oxygen atoms in total. The first-order valence-corrected chi connectivity index (χ1v) is 5.54. The summed E-state index contributed by atoms with van der Waals surface area (Å²) in [5, 5.41) is 2.71. The second kappa shape index (κ2) is 4.30. The highest BCUT2D eigenvalue weighted by Crippen LogP contribution is 2.29. The van der Waals surface area contributed by atoms with Gasteiger partial charge in [0.1, 0.15) is 0 Å². The van der Waals surface area contributed by atoms with E-state index in [1.807, 2.05) is 19.1 Å². The Hall–Kier alpha value is 0.0800. The normalized spacial score (nSPS) is 27.4. The molecule has 80 valence electrons. The first kappa shape index (κ1) is 12.2. The highest BCUT2D eigenvalue weighted by molar-refractivity contribution is 6.76. The molecule has 0 fully saturated rings. The van der Waals surface area contributed by atoms with Crippen molar-refractivity contribution < 1.29 is 4.79 Å². The van der Waals surface area contributed by atoms with Gasteiger partial charge in [0.05, 0.1) is 5.54 Å². The average Bonchev–Trinajstić information content (AvgIpc) is 2.02. The van der Waals surface area contributed by atoms with Crippen LogP contribution < -0.4 is 5.32 Å². The fourth-order valence-corrected chi connectivity index (χ4v) is 1.59. The smallest absolute Gasteiger partial charge is 0.272 e. The molecule has 1 rings (SSSR count). The second-order valence-corrected chi connectivity index (χ2v) is 5.95. The fourth-order valence-electron chi connectivity index (χ4n) is 1.45. The van der Waals surface area contributed by atoms with Crippen molar-refractivity contribution >= 4 is 40.7 Å². The minimum Gasteiger partial charge on any atom is -0.344 e. The molecule has 1 amide bonds. The van der Waals surface area contributed by atoms with Crippen LogP contribution in [-0.4, -0.2) is 15.2 Å². The first-order chi connectivity index (χ1) is 6.33. The molecule has 1 aliphatic rings. The zero-order valence-corrected chi connectivity index (χ0v) is 10.1. The van der Waals surface area contributed by atoms with Gasteiger partial charge in [-0.3, -0.25) is 4.79 Å². The summed E-state index contributed by atoms with van der Waals surface area (Å²) in [5.74, 6) is -0.573. The van der Waals surface area contributed by atoms with Gasteiger partial charge in [0.2, 0.25) is 0 Å². The molecular weight excluding hydrogens is 244 g/mol. The number of hydrogen-bond donors (Lipinski definition) is 1. The molecule has 0 aromatic rings. The number of alkyl halides is 3. The number of carbonyl (C=O) groups excluding carboxylic acids is 1. The lowest BCUT2D eigenvalue weighted by atomic mass is 9.89. The molecular formula is C9H12Cl3NO. The molecule has 1 aliphatic carbocycles. The number of nitrogens with one attached hydrogen (secondary N) is 1. The van der Waals surface area contributed by atoms with Gasteiger partial charge >= 0.3 is 0 Å². The number of hydrogen-bond acceptors (Lipinski definition) is 1. The van der Waals surface area contributed by atoms with E-state index in [4.69, 9.17) is 34.8 Å². The van der Waals surface area contributed by atoms with Gasteiger partial charge in [-0.05, 0) is 26.2 Å². The lowest BCUT2D eigenvalue weighted by Gasteiger charge is -2.31. The van der Waals surface area contributed by atoms with Gasteiger partial charge < -0.3 is 5.32 Å². The van der Waals surface area contributed by atoms with Crippen LogP contribution in [0, 0.1) is 0 Å². The first-order valence-electron chi connectivity index (χ1n) is 4.40. The van der Waals surface area contributed by atoms with Crippen LogP contribution in [0.15, 0.2) is 12.2 Å². The molecule has 5 heteroatoms. The van der Waals surface area contributed by atoms with Gasteiger partial charge in [-0.15, -0.1) is 0 Å². The average molecular weight is 257 g/mol. The van der Waals surface area contributed by atoms with Crippen molar-refractivity contribution in [2.24, 2.45) is 0 Å². The summed E-state index contributed by atoms with van der Waals surface area (Å²) in [4.78, 5) is 11.4. The number of rotatable bonds is 1. The molecule has 0 heterocycles. The molecule has 1 N–H and O–H groups in total. The standard InChI is InChI=1S/C9H12Cl3NO/c1-8(5-3-2-4-6-8)13-7(14)9(10,11)12/h3,5H,2,4,6H2,1H3,(H,13,14). The van der Waals surface area contributed by atoms with E-state index in [-0.39, 0.29) is 5.54 Å². The Morgan fingerprint density at radius 3 is 2.57 bits per heavy atom. The highest BCUT2D eigenvalue weighted by atomic mass is 35.6. The Morgan fingerprint density at radius 2 is 2.14 bits per heavy atom. The maximum atomic E-state index is 11.4. The van der Waals surface area contributed by atoms with Crippen molar-refractivity contribution in [3.8, 4) is 0 Å². The molecule has 0 radical (unpaired) electrons. The van der Waals surface area contributed by atoms with E-state index >= 15 is 0 Å². The molecule has 0 aromatic heterocycles. The quantitative estimate of drug-likeness (QED) is 0.567. The second-order valence-electron chi connectivity index (χ2n) is 3.66. The van der Waals surface area contributed by atoms with E-state index in [1.165, 1.54) is 0 Å². The fraction of sp³-hybridized carbons (Fsp3) is 0.667. The Kier molecular flexibility index (Phi) is 3.73. The summed E-state index contributed by atoms with van der Waals surface area (Å²) in [6, 6.07) is 0. The molecule has 0 bridgehead atoms. The minimum atomic E-state index is -1.88. The minimum absolute atomic E-state index is 0.376. The van der Waals surface area contributed by atoms with Crippen LogP contribution >= 0.6 is 34.8 Å². The maximum absolute atomic E-state index is 11.4. The number of amides is 1. The van der Waals surface area contributed by atoms with Crippen LogP contribution in [0.2, 0.25) is 0 Å². The Labute approximate surface area is 98.6 Å². The third kappa shape index (κ3) is 3.34. The molecule has 0 saturated carbocycles. The van der Waals surface area contributed by atoms with E-state index in [2.05, 4.69) is 5.32 Å². The molecule has 14 heavy (non-hydrogen) atoms. The molecule has 1 atom stereocenters. The van der Waals surface area contributed by atoms with Crippen molar-refractivity contribution in [2.75, 3.05) is 0 Å². The van der Waals surface area contributed by atoms with Crippen molar-refractivity contribution in [1.82, 2.24) is 5.32 Å². The van der Waals surface area contributed by atoms with E-state index in [9.17, 15) is 4.79 Å². The van der Waals surface area contributed by atoms with Crippen LogP contribution in [-0.2, 0) is 4.79 Å². The summed E-state index contributed by atoms with van der Waals surface area (Å²) in [6.07, 6.45) is 6.93. The molecule has 1 unspecified atom stereocenters. The Balaban J connectivity index is 2.63. The largest absolute Gasteiger partial charge is 0.344 e. The number of halogens is 3. The number of carbonyl (C=O) groups is 1. The van der Waals surface area contributed by atoms with E-state index in [1.54, 1.807) is 0 Å². The SMILES string of the molecule is CC1(NC(=O)C(Cl)(Cl)Cl)C=CCCC1. The van der Waals surface area contributed by atoms with Gasteiger partial charge in [-0.2, -0.15) is 0 Å². The van der Waals surface area contributed by atoms with Crippen molar-refractivity contribution in [1.29, 1.82) is 0 Å². The zero-order chi connectivity index (χ0) is 10.8. The summed E-state index contributed by atoms with van der Waals surface area (Å²) in [5.41, 5.74) is -0.376. The Morgan fingerprint density at radius 1 is 1.50 bits per heavy atom. The summed E-state index contributed by atoms with van der Waals surface area (Å²) >= 11 is 16.4. The van der Waals surface area contributed by atoms with E-state index in [0.29, 0.717) is 0 Å². The summed E-state index contributed by atoms with van der Waals surface area (Å²) in [6.45, 7) is 1.91. The van der Waals surface area contributed by atoms with Gasteiger partial charge in [-0.1, -0.05) is 47.0 Å². The number of allylic oxidation sites excluding steroid dienone is 1. The topological polar surface area (TPSA) is 29.1 Å². The Bertz CT molecular complexity index is 259. The third-order valence-electron chi connectivity index (χ3n) is 2.21. The van der Waals surface area contributed by atoms with Crippen LogP contribution in [0.3, 0.4) is 0 Å². The monoisotopic (exact) mass is 255 g/mol. The van der Waals surface area contributed by atoms with Crippen LogP contribution in [0.4, 0.5) is 0 Å². The summed E-state index contributed by atoms with van der Waals surface area (Å²) < 4.78 is -1.88. The molecule has 0 aromatic carbocycles. The van der Waals surface area contributed by atoms with Crippen LogP contribution in [0.5, 0.6) is 0 Å². The van der Waals surface area contributed by atoms with Crippen LogP contribution in [0.25, 0.3) is 0 Å². The lowest BCUT2D eigenvalue weighted by Crippen LogP contribution is -2.49. The van der Waals surface area contributed by atoms with Crippen LogP contribution in [0.1, 0.15) is 26.2 Å². The van der Waals surface area contributed by atoms with Gasteiger partial charge in [-0.25, -0.2) is 0 Å². The molecule has 0 spiro atoms. The predicted octanol–water partition coefficient (Wildman–Crippen LogP) is 2.97. The lowest BCUT2D eigenvalue weighted by molar-refractivity contribution is -0.121. The zero-order valence-electron chi connectivity index (χ0n) is 7.82. The molecule has 0 saturated heterocycles.